The summed E-state index contributed by atoms with van der Waals surface area (Å²) in [7, 11) is 0. The van der Waals surface area contributed by atoms with Gasteiger partial charge in [-0.25, -0.2) is 0 Å². The highest BCUT2D eigenvalue weighted by Crippen LogP contribution is 2.23. The van der Waals surface area contributed by atoms with Crippen LogP contribution in [-0.2, 0) is 0 Å². The average molecular weight is 259 g/mol. The third-order valence-electron chi connectivity index (χ3n) is 3.50. The molecule has 0 radical (unpaired) electrons. The minimum Gasteiger partial charge on any atom is -0.303 e. The van der Waals surface area contributed by atoms with Gasteiger partial charge in [0.25, 0.3) is 0 Å². The number of aryl methyl sites for hydroxylation is 2. The SMILES string of the molecule is Cc1ccc(C(C)N[C@H](C)c2cccs2)cc1C. The maximum Gasteiger partial charge on any atom is 0.0391 e. The summed E-state index contributed by atoms with van der Waals surface area (Å²) in [6.45, 7) is 8.79. The highest BCUT2D eigenvalue weighted by Gasteiger charge is 2.12. The summed E-state index contributed by atoms with van der Waals surface area (Å²) in [6, 6.07) is 11.8. The molecular formula is C16H21NS. The van der Waals surface area contributed by atoms with E-state index < -0.39 is 0 Å². The molecule has 1 unspecified atom stereocenters. The quantitative estimate of drug-likeness (QED) is 0.833. The summed E-state index contributed by atoms with van der Waals surface area (Å²) in [6.07, 6.45) is 0. The van der Waals surface area contributed by atoms with Crippen molar-refractivity contribution in [3.05, 3.63) is 57.3 Å². The van der Waals surface area contributed by atoms with Gasteiger partial charge >= 0.3 is 0 Å². The van der Waals surface area contributed by atoms with Gasteiger partial charge in [0, 0.05) is 17.0 Å². The molecule has 0 spiro atoms. The first-order chi connectivity index (χ1) is 8.58. The Labute approximate surface area is 114 Å². The lowest BCUT2D eigenvalue weighted by atomic mass is 10.0. The molecule has 2 atom stereocenters. The number of hydrogen-bond acceptors (Lipinski definition) is 2. The Bertz CT molecular complexity index is 502. The van der Waals surface area contributed by atoms with E-state index in [0.29, 0.717) is 12.1 Å². The monoisotopic (exact) mass is 259 g/mol. The number of thiophene rings is 1. The lowest BCUT2D eigenvalue weighted by molar-refractivity contribution is 0.500. The second kappa shape index (κ2) is 5.68. The van der Waals surface area contributed by atoms with Crippen molar-refractivity contribution in [2.45, 2.75) is 39.8 Å². The summed E-state index contributed by atoms with van der Waals surface area (Å²) in [5, 5.41) is 5.79. The van der Waals surface area contributed by atoms with Crippen LogP contribution in [0.1, 0.15) is 47.5 Å². The van der Waals surface area contributed by atoms with E-state index in [1.54, 1.807) is 0 Å². The van der Waals surface area contributed by atoms with Crippen LogP contribution in [0.25, 0.3) is 0 Å². The maximum atomic E-state index is 3.66. The Morgan fingerprint density at radius 3 is 2.39 bits per heavy atom. The van der Waals surface area contributed by atoms with E-state index in [2.05, 4.69) is 68.7 Å². The standard InChI is InChI=1S/C16H21NS/c1-11-7-8-15(10-12(11)2)13(3)17-14(4)16-6-5-9-18-16/h5-10,13-14,17H,1-4H3/t13?,14-/m1/s1. The Morgan fingerprint density at radius 1 is 1.00 bits per heavy atom. The van der Waals surface area contributed by atoms with Gasteiger partial charge in [0.05, 0.1) is 0 Å². The lowest BCUT2D eigenvalue weighted by Gasteiger charge is -2.20. The summed E-state index contributed by atoms with van der Waals surface area (Å²) in [5.74, 6) is 0. The first kappa shape index (κ1) is 13.3. The molecule has 1 aromatic carbocycles. The topological polar surface area (TPSA) is 12.0 Å². The van der Waals surface area contributed by atoms with E-state index in [1.165, 1.54) is 21.6 Å². The van der Waals surface area contributed by atoms with Crippen LogP contribution in [0.2, 0.25) is 0 Å². The number of hydrogen-bond donors (Lipinski definition) is 1. The van der Waals surface area contributed by atoms with Gasteiger partial charge in [-0.2, -0.15) is 0 Å². The van der Waals surface area contributed by atoms with E-state index in [4.69, 9.17) is 0 Å². The molecule has 1 nitrogen and oxygen atoms in total. The number of rotatable bonds is 4. The highest BCUT2D eigenvalue weighted by molar-refractivity contribution is 7.10. The number of benzene rings is 1. The van der Waals surface area contributed by atoms with Gasteiger partial charge in [-0.15, -0.1) is 11.3 Å². The second-order valence-corrected chi connectivity index (χ2v) is 5.95. The molecule has 2 rings (SSSR count). The molecule has 0 saturated carbocycles. The van der Waals surface area contributed by atoms with Crippen LogP contribution < -0.4 is 5.32 Å². The molecule has 2 aromatic rings. The molecule has 2 heteroatoms. The molecule has 0 aliphatic rings. The van der Waals surface area contributed by atoms with E-state index >= 15 is 0 Å². The van der Waals surface area contributed by atoms with Gasteiger partial charge in [0.15, 0.2) is 0 Å². The summed E-state index contributed by atoms with van der Waals surface area (Å²) in [5.41, 5.74) is 4.09. The average Bonchev–Trinajstić information content (AvgIpc) is 2.86. The number of nitrogens with one attached hydrogen (secondary N) is 1. The maximum absolute atomic E-state index is 3.66. The van der Waals surface area contributed by atoms with Crippen LogP contribution in [0, 0.1) is 13.8 Å². The summed E-state index contributed by atoms with van der Waals surface area (Å²) < 4.78 is 0. The van der Waals surface area contributed by atoms with Crippen LogP contribution >= 0.6 is 11.3 Å². The van der Waals surface area contributed by atoms with Crippen molar-refractivity contribution in [1.82, 2.24) is 5.32 Å². The Balaban J connectivity index is 2.07. The van der Waals surface area contributed by atoms with Crippen molar-refractivity contribution in [3.63, 3.8) is 0 Å². The highest BCUT2D eigenvalue weighted by atomic mass is 32.1. The van der Waals surface area contributed by atoms with E-state index in [1.807, 2.05) is 11.3 Å². The van der Waals surface area contributed by atoms with Gasteiger partial charge in [-0.3, -0.25) is 0 Å². The fourth-order valence-corrected chi connectivity index (χ4v) is 2.87. The summed E-state index contributed by atoms with van der Waals surface area (Å²) in [4.78, 5) is 1.39. The fraction of sp³-hybridized carbons (Fsp3) is 0.375. The zero-order valence-electron chi connectivity index (χ0n) is 11.5. The largest absolute Gasteiger partial charge is 0.303 e. The van der Waals surface area contributed by atoms with Gasteiger partial charge in [0.1, 0.15) is 0 Å². The molecule has 18 heavy (non-hydrogen) atoms. The minimum atomic E-state index is 0.376. The third kappa shape index (κ3) is 3.01. The zero-order valence-corrected chi connectivity index (χ0v) is 12.3. The summed E-state index contributed by atoms with van der Waals surface area (Å²) >= 11 is 1.81. The Morgan fingerprint density at radius 2 is 1.78 bits per heavy atom. The predicted octanol–water partition coefficient (Wildman–Crippen LogP) is 4.78. The molecule has 1 aromatic heterocycles. The molecule has 0 aliphatic heterocycles. The predicted molar refractivity (Wildman–Crippen MR) is 80.2 cm³/mol. The smallest absolute Gasteiger partial charge is 0.0391 e. The normalized spacial score (nSPS) is 14.4. The first-order valence-corrected chi connectivity index (χ1v) is 7.32. The van der Waals surface area contributed by atoms with E-state index in [-0.39, 0.29) is 0 Å². The molecule has 0 aliphatic carbocycles. The van der Waals surface area contributed by atoms with Gasteiger partial charge < -0.3 is 5.32 Å². The zero-order chi connectivity index (χ0) is 13.1. The Kier molecular flexibility index (Phi) is 4.20. The van der Waals surface area contributed by atoms with Crippen molar-refractivity contribution in [1.29, 1.82) is 0 Å². The van der Waals surface area contributed by atoms with E-state index in [9.17, 15) is 0 Å². The van der Waals surface area contributed by atoms with Crippen LogP contribution in [0.15, 0.2) is 35.7 Å². The van der Waals surface area contributed by atoms with Crippen LogP contribution in [-0.4, -0.2) is 0 Å². The second-order valence-electron chi connectivity index (χ2n) is 4.97. The molecule has 1 heterocycles. The van der Waals surface area contributed by atoms with Gasteiger partial charge in [-0.05, 0) is 55.8 Å². The molecule has 0 saturated heterocycles. The van der Waals surface area contributed by atoms with Crippen molar-refractivity contribution in [2.24, 2.45) is 0 Å². The molecule has 0 fully saturated rings. The van der Waals surface area contributed by atoms with Crippen molar-refractivity contribution >= 4 is 11.3 Å². The van der Waals surface area contributed by atoms with Gasteiger partial charge in [-0.1, -0.05) is 24.3 Å². The third-order valence-corrected chi connectivity index (χ3v) is 4.56. The fourth-order valence-electron chi connectivity index (χ4n) is 2.12. The molecule has 96 valence electrons. The van der Waals surface area contributed by atoms with Crippen molar-refractivity contribution in [3.8, 4) is 0 Å². The minimum absolute atomic E-state index is 0.376. The van der Waals surface area contributed by atoms with Gasteiger partial charge in [0.2, 0.25) is 0 Å². The van der Waals surface area contributed by atoms with Crippen molar-refractivity contribution < 1.29 is 0 Å². The molecule has 1 N–H and O–H groups in total. The first-order valence-electron chi connectivity index (χ1n) is 6.44. The molecular weight excluding hydrogens is 238 g/mol. The molecule has 0 bridgehead atoms. The van der Waals surface area contributed by atoms with Crippen LogP contribution in [0.5, 0.6) is 0 Å². The van der Waals surface area contributed by atoms with Crippen LogP contribution in [0.3, 0.4) is 0 Å². The lowest BCUT2D eigenvalue weighted by Crippen LogP contribution is -2.21. The molecule has 0 amide bonds. The van der Waals surface area contributed by atoms with Crippen molar-refractivity contribution in [2.75, 3.05) is 0 Å². The van der Waals surface area contributed by atoms with E-state index in [0.717, 1.165) is 0 Å². The Hall–Kier alpha value is -1.12. The van der Waals surface area contributed by atoms with Crippen LogP contribution in [0.4, 0.5) is 0 Å².